The van der Waals surface area contributed by atoms with Crippen LogP contribution >= 0.6 is 0 Å². The van der Waals surface area contributed by atoms with Gasteiger partial charge in [0.25, 0.3) is 0 Å². The standard InChI is InChI=1S/C15H32N2/c1-5-10-16-14(15(2,3)4)13-17-11-8-6-7-9-12-17/h14,16H,5-13H2,1-4H3. The Morgan fingerprint density at radius 1 is 1.06 bits per heavy atom. The predicted octanol–water partition coefficient (Wildman–Crippen LogP) is 3.28. The van der Waals surface area contributed by atoms with Crippen molar-refractivity contribution in [2.24, 2.45) is 5.41 Å². The Morgan fingerprint density at radius 2 is 1.65 bits per heavy atom. The summed E-state index contributed by atoms with van der Waals surface area (Å²) in [6.45, 7) is 14.3. The molecule has 1 aliphatic heterocycles. The molecule has 0 saturated carbocycles. The number of hydrogen-bond acceptors (Lipinski definition) is 2. The van der Waals surface area contributed by atoms with E-state index < -0.39 is 0 Å². The van der Waals surface area contributed by atoms with Crippen molar-refractivity contribution in [1.29, 1.82) is 0 Å². The van der Waals surface area contributed by atoms with Crippen LogP contribution in [0.5, 0.6) is 0 Å². The van der Waals surface area contributed by atoms with Gasteiger partial charge in [-0.2, -0.15) is 0 Å². The van der Waals surface area contributed by atoms with Gasteiger partial charge < -0.3 is 10.2 Å². The third-order valence-electron chi connectivity index (χ3n) is 3.83. The lowest BCUT2D eigenvalue weighted by Crippen LogP contribution is -2.49. The minimum absolute atomic E-state index is 0.363. The molecule has 1 atom stereocenters. The van der Waals surface area contributed by atoms with E-state index in [9.17, 15) is 0 Å². The van der Waals surface area contributed by atoms with E-state index >= 15 is 0 Å². The predicted molar refractivity (Wildman–Crippen MR) is 76.4 cm³/mol. The summed E-state index contributed by atoms with van der Waals surface area (Å²) in [5.41, 5.74) is 0.363. The Balaban J connectivity index is 2.45. The van der Waals surface area contributed by atoms with E-state index in [4.69, 9.17) is 0 Å². The van der Waals surface area contributed by atoms with Crippen molar-refractivity contribution in [3.63, 3.8) is 0 Å². The molecule has 0 aromatic heterocycles. The fourth-order valence-electron chi connectivity index (χ4n) is 2.54. The molecule has 2 heteroatoms. The van der Waals surface area contributed by atoms with Crippen molar-refractivity contribution in [2.45, 2.75) is 65.8 Å². The zero-order valence-corrected chi connectivity index (χ0v) is 12.4. The smallest absolute Gasteiger partial charge is 0.0243 e. The first kappa shape index (κ1) is 15.0. The molecule has 1 aliphatic rings. The monoisotopic (exact) mass is 240 g/mol. The first-order valence-corrected chi connectivity index (χ1v) is 7.49. The summed E-state index contributed by atoms with van der Waals surface area (Å²) in [5, 5.41) is 3.74. The molecule has 1 heterocycles. The van der Waals surface area contributed by atoms with Crippen molar-refractivity contribution in [2.75, 3.05) is 26.2 Å². The number of hydrogen-bond donors (Lipinski definition) is 1. The highest BCUT2D eigenvalue weighted by molar-refractivity contribution is 4.84. The van der Waals surface area contributed by atoms with Crippen LogP contribution in [-0.4, -0.2) is 37.1 Å². The third-order valence-corrected chi connectivity index (χ3v) is 3.83. The molecule has 0 bridgehead atoms. The summed E-state index contributed by atoms with van der Waals surface area (Å²) in [5.74, 6) is 0. The van der Waals surface area contributed by atoms with Crippen LogP contribution in [0.15, 0.2) is 0 Å². The third kappa shape index (κ3) is 5.87. The Hall–Kier alpha value is -0.0800. The van der Waals surface area contributed by atoms with Gasteiger partial charge in [0.05, 0.1) is 0 Å². The second kappa shape index (κ2) is 7.38. The van der Waals surface area contributed by atoms with Crippen molar-refractivity contribution >= 4 is 0 Å². The van der Waals surface area contributed by atoms with Crippen molar-refractivity contribution in [1.82, 2.24) is 10.2 Å². The van der Waals surface area contributed by atoms with Crippen molar-refractivity contribution in [3.8, 4) is 0 Å². The number of likely N-dealkylation sites (tertiary alicyclic amines) is 1. The largest absolute Gasteiger partial charge is 0.312 e. The van der Waals surface area contributed by atoms with Gasteiger partial charge in [0.2, 0.25) is 0 Å². The zero-order chi connectivity index (χ0) is 12.7. The maximum atomic E-state index is 3.74. The van der Waals surface area contributed by atoms with E-state index in [1.165, 1.54) is 51.7 Å². The van der Waals surface area contributed by atoms with E-state index in [-0.39, 0.29) is 0 Å². The average molecular weight is 240 g/mol. The molecule has 0 radical (unpaired) electrons. The minimum Gasteiger partial charge on any atom is -0.312 e. The Morgan fingerprint density at radius 3 is 2.12 bits per heavy atom. The summed E-state index contributed by atoms with van der Waals surface area (Å²) in [6.07, 6.45) is 6.88. The maximum absolute atomic E-state index is 3.74. The van der Waals surface area contributed by atoms with Gasteiger partial charge in [-0.3, -0.25) is 0 Å². The highest BCUT2D eigenvalue weighted by Gasteiger charge is 2.26. The molecule has 2 nitrogen and oxygen atoms in total. The molecule has 1 rings (SSSR count). The van der Waals surface area contributed by atoms with Crippen molar-refractivity contribution < 1.29 is 0 Å². The van der Waals surface area contributed by atoms with E-state index in [2.05, 4.69) is 37.9 Å². The maximum Gasteiger partial charge on any atom is 0.0243 e. The molecule has 1 saturated heterocycles. The summed E-state index contributed by atoms with van der Waals surface area (Å²) in [6, 6.07) is 0.626. The fourth-order valence-corrected chi connectivity index (χ4v) is 2.54. The lowest BCUT2D eigenvalue weighted by Gasteiger charge is -2.36. The first-order valence-electron chi connectivity index (χ1n) is 7.49. The van der Waals surface area contributed by atoms with Crippen LogP contribution in [-0.2, 0) is 0 Å². The van der Waals surface area contributed by atoms with Gasteiger partial charge in [0.1, 0.15) is 0 Å². The highest BCUT2D eigenvalue weighted by atomic mass is 15.2. The van der Waals surface area contributed by atoms with Crippen LogP contribution in [0.25, 0.3) is 0 Å². The van der Waals surface area contributed by atoms with Gasteiger partial charge in [0.15, 0.2) is 0 Å². The van der Waals surface area contributed by atoms with Gasteiger partial charge in [-0.15, -0.1) is 0 Å². The van der Waals surface area contributed by atoms with Gasteiger partial charge >= 0.3 is 0 Å². The molecule has 1 N–H and O–H groups in total. The molecule has 102 valence electrons. The molecular weight excluding hydrogens is 208 g/mol. The molecule has 0 spiro atoms. The number of rotatable bonds is 5. The van der Waals surface area contributed by atoms with Crippen LogP contribution in [0.1, 0.15) is 59.8 Å². The van der Waals surface area contributed by atoms with Crippen LogP contribution < -0.4 is 5.32 Å². The van der Waals surface area contributed by atoms with Crippen molar-refractivity contribution in [3.05, 3.63) is 0 Å². The minimum atomic E-state index is 0.363. The second-order valence-electron chi connectivity index (χ2n) is 6.59. The van der Waals surface area contributed by atoms with Gasteiger partial charge in [0, 0.05) is 12.6 Å². The topological polar surface area (TPSA) is 15.3 Å². The van der Waals surface area contributed by atoms with Gasteiger partial charge in [-0.25, -0.2) is 0 Å². The van der Waals surface area contributed by atoms with E-state index in [0.29, 0.717) is 11.5 Å². The van der Waals surface area contributed by atoms with Crippen LogP contribution in [0.2, 0.25) is 0 Å². The lowest BCUT2D eigenvalue weighted by molar-refractivity contribution is 0.176. The Bertz CT molecular complexity index is 188. The molecule has 0 aromatic carbocycles. The summed E-state index contributed by atoms with van der Waals surface area (Å²) < 4.78 is 0. The Labute approximate surface area is 108 Å². The fraction of sp³-hybridized carbons (Fsp3) is 1.00. The molecule has 1 unspecified atom stereocenters. The summed E-state index contributed by atoms with van der Waals surface area (Å²) >= 11 is 0. The normalized spacial score (nSPS) is 21.2. The second-order valence-corrected chi connectivity index (χ2v) is 6.59. The number of nitrogens with zero attached hydrogens (tertiary/aromatic N) is 1. The molecule has 0 aliphatic carbocycles. The molecule has 17 heavy (non-hydrogen) atoms. The zero-order valence-electron chi connectivity index (χ0n) is 12.4. The molecular formula is C15H32N2. The van der Waals surface area contributed by atoms with Crippen LogP contribution in [0, 0.1) is 5.41 Å². The Kier molecular flexibility index (Phi) is 6.50. The molecule has 0 amide bonds. The van der Waals surface area contributed by atoms with E-state index in [0.717, 1.165) is 6.54 Å². The molecule has 1 fully saturated rings. The number of nitrogens with one attached hydrogen (secondary N) is 1. The quantitative estimate of drug-likeness (QED) is 0.793. The van der Waals surface area contributed by atoms with E-state index in [1.807, 2.05) is 0 Å². The lowest BCUT2D eigenvalue weighted by atomic mass is 9.86. The van der Waals surface area contributed by atoms with Crippen LogP contribution in [0.3, 0.4) is 0 Å². The summed E-state index contributed by atoms with van der Waals surface area (Å²) in [7, 11) is 0. The highest BCUT2D eigenvalue weighted by Crippen LogP contribution is 2.21. The SMILES string of the molecule is CCCNC(CN1CCCCCC1)C(C)(C)C. The van der Waals surface area contributed by atoms with E-state index in [1.54, 1.807) is 0 Å². The van der Waals surface area contributed by atoms with Crippen LogP contribution in [0.4, 0.5) is 0 Å². The molecule has 0 aromatic rings. The van der Waals surface area contributed by atoms with Gasteiger partial charge in [-0.05, 0) is 44.3 Å². The average Bonchev–Trinajstić information content (AvgIpc) is 2.51. The first-order chi connectivity index (χ1) is 8.04. The summed E-state index contributed by atoms with van der Waals surface area (Å²) in [4.78, 5) is 2.67. The van der Waals surface area contributed by atoms with Gasteiger partial charge in [-0.1, -0.05) is 40.5 Å².